The molecule has 1 aliphatic rings. The van der Waals surface area contributed by atoms with Gasteiger partial charge in [-0.25, -0.2) is 0 Å². The van der Waals surface area contributed by atoms with Gasteiger partial charge in [-0.3, -0.25) is 14.4 Å². The number of esters is 1. The molecule has 0 aliphatic heterocycles. The van der Waals surface area contributed by atoms with E-state index < -0.39 is 17.6 Å². The van der Waals surface area contributed by atoms with Crippen LogP contribution in [0.1, 0.15) is 56.1 Å². The Morgan fingerprint density at radius 3 is 2.03 bits per heavy atom. The highest BCUT2D eigenvalue weighted by Crippen LogP contribution is 2.27. The highest BCUT2D eigenvalue weighted by molar-refractivity contribution is 5.98. The van der Waals surface area contributed by atoms with Crippen LogP contribution in [0.5, 0.6) is 0 Å². The topological polar surface area (TPSA) is 75.7 Å². The molecule has 2 aromatic rings. The van der Waals surface area contributed by atoms with Crippen LogP contribution in [0.4, 0.5) is 0 Å². The van der Waals surface area contributed by atoms with Crippen LogP contribution < -0.4 is 5.32 Å². The monoisotopic (exact) mass is 450 g/mol. The van der Waals surface area contributed by atoms with E-state index in [-0.39, 0.29) is 30.3 Å². The molecule has 0 aromatic heterocycles. The molecule has 1 aliphatic carbocycles. The summed E-state index contributed by atoms with van der Waals surface area (Å²) in [4.78, 5) is 41.0. The van der Waals surface area contributed by atoms with Gasteiger partial charge in [0.2, 0.25) is 5.91 Å². The van der Waals surface area contributed by atoms with Gasteiger partial charge in [0, 0.05) is 11.6 Å². The molecule has 1 unspecified atom stereocenters. The average Bonchev–Trinajstić information content (AvgIpc) is 3.18. The fraction of sp³-hybridized carbons (Fsp3) is 0.444. The number of carbonyl (C=O) groups is 3. The third kappa shape index (κ3) is 6.44. The Bertz CT molecular complexity index is 970. The molecule has 6 heteroatoms. The first kappa shape index (κ1) is 24.5. The molecule has 0 saturated heterocycles. The lowest BCUT2D eigenvalue weighted by molar-refractivity contribution is -0.160. The van der Waals surface area contributed by atoms with E-state index in [4.69, 9.17) is 4.74 Å². The van der Waals surface area contributed by atoms with E-state index in [0.717, 1.165) is 0 Å². The van der Waals surface area contributed by atoms with Crippen LogP contribution in [0.25, 0.3) is 0 Å². The van der Waals surface area contributed by atoms with Crippen molar-refractivity contribution in [1.29, 1.82) is 0 Å². The van der Waals surface area contributed by atoms with Crippen molar-refractivity contribution in [3.63, 3.8) is 0 Å². The number of amides is 2. The van der Waals surface area contributed by atoms with Gasteiger partial charge in [0.1, 0.15) is 18.2 Å². The number of carbonyl (C=O) groups excluding carboxylic acids is 3. The predicted octanol–water partition coefficient (Wildman–Crippen LogP) is 3.78. The molecule has 0 fully saturated rings. The number of hydrogen-bond donors (Lipinski definition) is 1. The summed E-state index contributed by atoms with van der Waals surface area (Å²) < 4.78 is 5.53. The third-order valence-electron chi connectivity index (χ3n) is 5.73. The molecule has 1 N–H and O–H groups in total. The van der Waals surface area contributed by atoms with Gasteiger partial charge in [-0.15, -0.1) is 0 Å². The van der Waals surface area contributed by atoms with E-state index in [9.17, 15) is 14.4 Å². The van der Waals surface area contributed by atoms with E-state index in [1.54, 1.807) is 49.9 Å². The number of hydrogen-bond acceptors (Lipinski definition) is 4. The molecule has 1 atom stereocenters. The number of benzene rings is 2. The zero-order chi connectivity index (χ0) is 24.2. The molecular formula is C27H34N2O4. The van der Waals surface area contributed by atoms with E-state index >= 15 is 0 Å². The van der Waals surface area contributed by atoms with Crippen molar-refractivity contribution in [3.8, 4) is 0 Å². The zero-order valence-electron chi connectivity index (χ0n) is 20.1. The first-order chi connectivity index (χ1) is 15.5. The highest BCUT2D eigenvalue weighted by Gasteiger charge is 2.37. The summed E-state index contributed by atoms with van der Waals surface area (Å²) in [5, 5.41) is 2.90. The fourth-order valence-corrected chi connectivity index (χ4v) is 4.16. The van der Waals surface area contributed by atoms with Crippen LogP contribution in [0, 0.1) is 5.92 Å². The maximum absolute atomic E-state index is 13.8. The van der Waals surface area contributed by atoms with Gasteiger partial charge in [-0.1, -0.05) is 56.3 Å². The van der Waals surface area contributed by atoms with E-state index in [1.165, 1.54) is 11.1 Å². The van der Waals surface area contributed by atoms with Crippen molar-refractivity contribution in [3.05, 3.63) is 71.3 Å². The maximum Gasteiger partial charge on any atom is 0.326 e. The smallest absolute Gasteiger partial charge is 0.326 e. The molecular weight excluding hydrogens is 416 g/mol. The lowest BCUT2D eigenvalue weighted by Gasteiger charge is -2.34. The molecule has 2 amide bonds. The number of fused-ring (bicyclic) bond motifs is 1. The molecule has 0 heterocycles. The third-order valence-corrected chi connectivity index (χ3v) is 5.73. The Morgan fingerprint density at radius 1 is 0.970 bits per heavy atom. The van der Waals surface area contributed by atoms with Crippen molar-refractivity contribution in [2.24, 2.45) is 5.92 Å². The van der Waals surface area contributed by atoms with Crippen molar-refractivity contribution < 1.29 is 19.1 Å². The van der Waals surface area contributed by atoms with E-state index in [0.29, 0.717) is 18.4 Å². The molecule has 0 bridgehead atoms. The lowest BCUT2D eigenvalue weighted by Crippen LogP contribution is -2.55. The summed E-state index contributed by atoms with van der Waals surface area (Å²) in [5.74, 6) is -1.19. The highest BCUT2D eigenvalue weighted by atomic mass is 16.6. The predicted molar refractivity (Wildman–Crippen MR) is 128 cm³/mol. The number of nitrogens with zero attached hydrogens (tertiary/aromatic N) is 1. The summed E-state index contributed by atoms with van der Waals surface area (Å²) in [6.07, 6.45) is 1.34. The molecule has 0 radical (unpaired) electrons. The van der Waals surface area contributed by atoms with Crippen LogP contribution >= 0.6 is 0 Å². The van der Waals surface area contributed by atoms with Gasteiger partial charge in [0.05, 0.1) is 0 Å². The first-order valence-electron chi connectivity index (χ1n) is 11.5. The molecule has 176 valence electrons. The van der Waals surface area contributed by atoms with Gasteiger partial charge in [0.15, 0.2) is 0 Å². The van der Waals surface area contributed by atoms with E-state index in [1.807, 2.05) is 32.0 Å². The average molecular weight is 451 g/mol. The Kier molecular flexibility index (Phi) is 7.57. The minimum atomic E-state index is -0.760. The first-order valence-corrected chi connectivity index (χ1v) is 11.5. The Hall–Kier alpha value is -3.15. The Labute approximate surface area is 196 Å². The largest absolute Gasteiger partial charge is 0.459 e. The fourth-order valence-electron chi connectivity index (χ4n) is 4.16. The Balaban J connectivity index is 1.84. The van der Waals surface area contributed by atoms with Crippen molar-refractivity contribution >= 4 is 17.8 Å². The van der Waals surface area contributed by atoms with Crippen molar-refractivity contribution in [1.82, 2.24) is 10.2 Å². The standard InChI is InChI=1S/C27H34N2O4/c1-18(2)24(28-25(31)19-11-7-6-8-12-19)26(32)29(17-23(30)33-27(3,4)5)22-15-20-13-9-10-14-21(20)16-22/h6-14,18,22,24H,15-17H2,1-5H3,(H,28,31). The number of rotatable bonds is 7. The lowest BCUT2D eigenvalue weighted by atomic mass is 10.0. The molecule has 3 rings (SSSR count). The number of ether oxygens (including phenoxy) is 1. The zero-order valence-corrected chi connectivity index (χ0v) is 20.1. The second kappa shape index (κ2) is 10.2. The SMILES string of the molecule is CC(C)C(NC(=O)c1ccccc1)C(=O)N(CC(=O)OC(C)(C)C)C1Cc2ccccc2C1. The van der Waals surface area contributed by atoms with E-state index in [2.05, 4.69) is 17.4 Å². The molecule has 6 nitrogen and oxygen atoms in total. The Morgan fingerprint density at radius 2 is 1.52 bits per heavy atom. The van der Waals surface area contributed by atoms with Crippen molar-refractivity contribution in [2.45, 2.75) is 65.1 Å². The van der Waals surface area contributed by atoms with Gasteiger partial charge in [0.25, 0.3) is 5.91 Å². The maximum atomic E-state index is 13.8. The summed E-state index contributed by atoms with van der Waals surface area (Å²) in [7, 11) is 0. The van der Waals surface area contributed by atoms with Crippen molar-refractivity contribution in [2.75, 3.05) is 6.54 Å². The second-order valence-corrected chi connectivity index (χ2v) is 9.94. The molecule has 2 aromatic carbocycles. The van der Waals surface area contributed by atoms with Crippen LogP contribution in [-0.4, -0.2) is 46.9 Å². The van der Waals surface area contributed by atoms with Crippen LogP contribution in [0.3, 0.4) is 0 Å². The summed E-state index contributed by atoms with van der Waals surface area (Å²) in [6.45, 7) is 9.05. The quantitative estimate of drug-likeness (QED) is 0.652. The molecule has 0 spiro atoms. The van der Waals surface area contributed by atoms with Gasteiger partial charge < -0.3 is 15.0 Å². The van der Waals surface area contributed by atoms with Gasteiger partial charge >= 0.3 is 5.97 Å². The van der Waals surface area contributed by atoms with Crippen LogP contribution in [0.2, 0.25) is 0 Å². The molecule has 0 saturated carbocycles. The minimum Gasteiger partial charge on any atom is -0.459 e. The summed E-state index contributed by atoms with van der Waals surface area (Å²) >= 11 is 0. The second-order valence-electron chi connectivity index (χ2n) is 9.94. The van der Waals surface area contributed by atoms with Crippen LogP contribution in [-0.2, 0) is 27.2 Å². The summed E-state index contributed by atoms with van der Waals surface area (Å²) in [6, 6.07) is 16.0. The van der Waals surface area contributed by atoms with Gasteiger partial charge in [-0.05, 0) is 62.8 Å². The van der Waals surface area contributed by atoms with Crippen LogP contribution in [0.15, 0.2) is 54.6 Å². The summed E-state index contributed by atoms with van der Waals surface area (Å²) in [5.41, 5.74) is 2.20. The van der Waals surface area contributed by atoms with Gasteiger partial charge in [-0.2, -0.15) is 0 Å². The normalized spacial score (nSPS) is 14.5. The minimum absolute atomic E-state index is 0.154. The molecule has 33 heavy (non-hydrogen) atoms. The number of nitrogens with one attached hydrogen (secondary N) is 1.